The van der Waals surface area contributed by atoms with Crippen LogP contribution >= 0.6 is 0 Å². The monoisotopic (exact) mass is 339 g/mol. The first-order valence-corrected chi connectivity index (χ1v) is 8.14. The third-order valence-electron chi connectivity index (χ3n) is 4.43. The molecule has 0 aliphatic carbocycles. The molecule has 0 unspecified atom stereocenters. The molecular formula is C18H21N5O2. The van der Waals surface area contributed by atoms with Crippen molar-refractivity contribution >= 4 is 11.6 Å². The fraction of sp³-hybridized carbons (Fsp3) is 0.333. The van der Waals surface area contributed by atoms with Gasteiger partial charge in [-0.05, 0) is 50.5 Å². The zero-order valence-corrected chi connectivity index (χ0v) is 14.8. The number of carbonyl (C=O) groups is 1. The minimum Gasteiger partial charge on any atom is -0.351 e. The first kappa shape index (κ1) is 16.9. The Balaban J connectivity index is 1.75. The van der Waals surface area contributed by atoms with Crippen molar-refractivity contribution in [2.75, 3.05) is 6.54 Å². The average molecular weight is 339 g/mol. The molecule has 0 spiro atoms. The Hall–Kier alpha value is -2.96. The van der Waals surface area contributed by atoms with Crippen LogP contribution in [0.3, 0.4) is 0 Å². The number of fused-ring (bicyclic) bond motifs is 1. The zero-order chi connectivity index (χ0) is 18.1. The van der Waals surface area contributed by atoms with Crippen molar-refractivity contribution in [3.8, 4) is 0 Å². The molecule has 3 aromatic rings. The van der Waals surface area contributed by atoms with E-state index in [1.165, 1.54) is 10.6 Å². The standard InChI is InChI=1S/C18H21N5O2/c1-11-6-8-23-16(9-11)20-10-15(18(23)25)17(24)19-7-5-14-12(2)21-22(4)13(14)3/h6,8-10H,5,7H2,1-4H3,(H,19,24). The van der Waals surface area contributed by atoms with Crippen LogP contribution in [0.5, 0.6) is 0 Å². The molecule has 0 saturated carbocycles. The Morgan fingerprint density at radius 2 is 2.04 bits per heavy atom. The molecule has 25 heavy (non-hydrogen) atoms. The van der Waals surface area contributed by atoms with Crippen LogP contribution in [0, 0.1) is 20.8 Å². The van der Waals surface area contributed by atoms with E-state index in [4.69, 9.17) is 0 Å². The Morgan fingerprint density at radius 3 is 2.72 bits per heavy atom. The van der Waals surface area contributed by atoms with Crippen LogP contribution in [0.2, 0.25) is 0 Å². The van der Waals surface area contributed by atoms with Gasteiger partial charge in [0.2, 0.25) is 0 Å². The summed E-state index contributed by atoms with van der Waals surface area (Å²) in [6, 6.07) is 3.61. The van der Waals surface area contributed by atoms with Crippen molar-refractivity contribution in [2.45, 2.75) is 27.2 Å². The van der Waals surface area contributed by atoms with Gasteiger partial charge in [0.05, 0.1) is 5.69 Å². The largest absolute Gasteiger partial charge is 0.351 e. The van der Waals surface area contributed by atoms with Gasteiger partial charge in [-0.2, -0.15) is 5.10 Å². The molecular weight excluding hydrogens is 318 g/mol. The number of aromatic nitrogens is 4. The minimum atomic E-state index is -0.410. The Bertz CT molecular complexity index is 1020. The molecule has 0 bridgehead atoms. The number of carbonyl (C=O) groups excluding carboxylic acids is 1. The van der Waals surface area contributed by atoms with Gasteiger partial charge in [-0.15, -0.1) is 0 Å². The molecule has 3 rings (SSSR count). The summed E-state index contributed by atoms with van der Waals surface area (Å²) >= 11 is 0. The second-order valence-electron chi connectivity index (χ2n) is 6.19. The number of hydrogen-bond acceptors (Lipinski definition) is 4. The number of rotatable bonds is 4. The van der Waals surface area contributed by atoms with Crippen molar-refractivity contribution in [2.24, 2.45) is 7.05 Å². The maximum atomic E-state index is 12.5. The quantitative estimate of drug-likeness (QED) is 0.777. The van der Waals surface area contributed by atoms with Gasteiger partial charge in [-0.25, -0.2) is 4.98 Å². The molecule has 7 nitrogen and oxygen atoms in total. The molecule has 130 valence electrons. The molecule has 1 amide bonds. The maximum Gasteiger partial charge on any atom is 0.270 e. The van der Waals surface area contributed by atoms with Crippen LogP contribution in [0.1, 0.15) is 32.9 Å². The summed E-state index contributed by atoms with van der Waals surface area (Å²) in [6.07, 6.45) is 3.64. The average Bonchev–Trinajstić information content (AvgIpc) is 2.81. The summed E-state index contributed by atoms with van der Waals surface area (Å²) in [4.78, 5) is 29.0. The number of nitrogens with one attached hydrogen (secondary N) is 1. The van der Waals surface area contributed by atoms with Crippen molar-refractivity contribution in [1.29, 1.82) is 0 Å². The summed E-state index contributed by atoms with van der Waals surface area (Å²) < 4.78 is 3.21. The SMILES string of the molecule is Cc1ccn2c(=O)c(C(=O)NCCc3c(C)nn(C)c3C)cnc2c1. The van der Waals surface area contributed by atoms with Gasteiger partial charge < -0.3 is 5.32 Å². The van der Waals surface area contributed by atoms with E-state index in [2.05, 4.69) is 15.4 Å². The van der Waals surface area contributed by atoms with Crippen molar-refractivity contribution in [1.82, 2.24) is 24.5 Å². The van der Waals surface area contributed by atoms with Crippen LogP contribution in [-0.4, -0.2) is 31.6 Å². The molecule has 0 aliphatic rings. The lowest BCUT2D eigenvalue weighted by molar-refractivity contribution is 0.0952. The highest BCUT2D eigenvalue weighted by molar-refractivity contribution is 5.93. The second kappa shape index (κ2) is 6.51. The highest BCUT2D eigenvalue weighted by Gasteiger charge is 2.14. The van der Waals surface area contributed by atoms with Gasteiger partial charge in [0.25, 0.3) is 11.5 Å². The minimum absolute atomic E-state index is 0.0426. The Labute approximate surface area is 145 Å². The maximum absolute atomic E-state index is 12.5. The highest BCUT2D eigenvalue weighted by Crippen LogP contribution is 2.12. The van der Waals surface area contributed by atoms with Crippen LogP contribution in [0.15, 0.2) is 29.3 Å². The van der Waals surface area contributed by atoms with E-state index in [0.29, 0.717) is 18.6 Å². The van der Waals surface area contributed by atoms with Gasteiger partial charge in [-0.3, -0.25) is 18.7 Å². The topological polar surface area (TPSA) is 81.3 Å². The van der Waals surface area contributed by atoms with Crippen molar-refractivity contribution in [3.63, 3.8) is 0 Å². The molecule has 3 aromatic heterocycles. The zero-order valence-electron chi connectivity index (χ0n) is 14.8. The predicted octanol–water partition coefficient (Wildman–Crippen LogP) is 1.33. The van der Waals surface area contributed by atoms with Crippen LogP contribution in [-0.2, 0) is 13.5 Å². The van der Waals surface area contributed by atoms with Crippen LogP contribution < -0.4 is 10.9 Å². The van der Waals surface area contributed by atoms with Crippen molar-refractivity contribution < 1.29 is 4.79 Å². The molecule has 0 radical (unpaired) electrons. The molecule has 3 heterocycles. The van der Waals surface area contributed by atoms with Gasteiger partial charge in [0, 0.05) is 31.7 Å². The van der Waals surface area contributed by atoms with Crippen LogP contribution in [0.25, 0.3) is 5.65 Å². The fourth-order valence-electron chi connectivity index (χ4n) is 2.91. The summed E-state index contributed by atoms with van der Waals surface area (Å²) in [5, 5.41) is 7.16. The first-order chi connectivity index (χ1) is 11.9. The molecule has 0 aromatic carbocycles. The number of aryl methyl sites for hydroxylation is 3. The van der Waals surface area contributed by atoms with Crippen molar-refractivity contribution in [3.05, 3.63) is 63.0 Å². The fourth-order valence-corrected chi connectivity index (χ4v) is 2.91. The third-order valence-corrected chi connectivity index (χ3v) is 4.43. The van der Waals surface area contributed by atoms with E-state index in [1.807, 2.05) is 38.6 Å². The van der Waals surface area contributed by atoms with E-state index in [9.17, 15) is 9.59 Å². The smallest absolute Gasteiger partial charge is 0.270 e. The summed E-state index contributed by atoms with van der Waals surface area (Å²) in [6.45, 7) is 6.31. The number of pyridine rings is 1. The van der Waals surface area contributed by atoms with Gasteiger partial charge >= 0.3 is 0 Å². The van der Waals surface area contributed by atoms with E-state index in [0.717, 1.165) is 22.5 Å². The normalized spacial score (nSPS) is 11.0. The molecule has 0 atom stereocenters. The van der Waals surface area contributed by atoms with Gasteiger partial charge in [-0.1, -0.05) is 0 Å². The lowest BCUT2D eigenvalue weighted by atomic mass is 10.1. The molecule has 0 fully saturated rings. The first-order valence-electron chi connectivity index (χ1n) is 8.14. The number of hydrogen-bond donors (Lipinski definition) is 1. The predicted molar refractivity (Wildman–Crippen MR) is 94.9 cm³/mol. The van der Waals surface area contributed by atoms with Crippen LogP contribution in [0.4, 0.5) is 0 Å². The molecule has 0 saturated heterocycles. The van der Waals surface area contributed by atoms with E-state index < -0.39 is 5.91 Å². The van der Waals surface area contributed by atoms with E-state index >= 15 is 0 Å². The summed E-state index contributed by atoms with van der Waals surface area (Å²) in [5.74, 6) is -0.410. The number of amides is 1. The molecule has 1 N–H and O–H groups in total. The second-order valence-corrected chi connectivity index (χ2v) is 6.19. The van der Waals surface area contributed by atoms with E-state index in [1.54, 1.807) is 12.3 Å². The third kappa shape index (κ3) is 3.17. The Morgan fingerprint density at radius 1 is 1.28 bits per heavy atom. The summed E-state index contributed by atoms with van der Waals surface area (Å²) in [5.41, 5.74) is 4.37. The molecule has 0 aliphatic heterocycles. The number of nitrogens with zero attached hydrogens (tertiary/aromatic N) is 4. The summed E-state index contributed by atoms with van der Waals surface area (Å²) in [7, 11) is 1.90. The highest BCUT2D eigenvalue weighted by atomic mass is 16.2. The van der Waals surface area contributed by atoms with Gasteiger partial charge in [0.15, 0.2) is 0 Å². The van der Waals surface area contributed by atoms with Gasteiger partial charge in [0.1, 0.15) is 11.2 Å². The lowest BCUT2D eigenvalue weighted by Crippen LogP contribution is -2.32. The lowest BCUT2D eigenvalue weighted by Gasteiger charge is -2.07. The Kier molecular flexibility index (Phi) is 4.39. The molecule has 7 heteroatoms. The van der Waals surface area contributed by atoms with E-state index in [-0.39, 0.29) is 11.1 Å².